The normalized spacial score (nSPS) is 15.1. The van der Waals surface area contributed by atoms with Crippen LogP contribution in [0.4, 0.5) is 5.82 Å². The van der Waals surface area contributed by atoms with Crippen molar-refractivity contribution in [2.75, 3.05) is 18.0 Å². The lowest BCUT2D eigenvalue weighted by atomic mass is 10.2. The van der Waals surface area contributed by atoms with E-state index in [0.717, 1.165) is 24.7 Å². The van der Waals surface area contributed by atoms with Gasteiger partial charge in [-0.3, -0.25) is 4.79 Å². The molecule has 7 heteroatoms. The Kier molecular flexibility index (Phi) is 3.49. The summed E-state index contributed by atoms with van der Waals surface area (Å²) >= 11 is 0. The Bertz CT molecular complexity index is 618. The highest BCUT2D eigenvalue weighted by molar-refractivity contribution is 5.66. The molecule has 7 nitrogen and oxygen atoms in total. The lowest BCUT2D eigenvalue weighted by Crippen LogP contribution is -2.20. The zero-order chi connectivity index (χ0) is 13.9. The molecule has 1 saturated heterocycles. The largest absolute Gasteiger partial charge is 0.481 e. The third-order valence-electron chi connectivity index (χ3n) is 3.53. The summed E-state index contributed by atoms with van der Waals surface area (Å²) in [5.74, 6) is 0.876. The zero-order valence-corrected chi connectivity index (χ0v) is 11.2. The lowest BCUT2D eigenvalue weighted by Gasteiger charge is -2.15. The first-order valence-corrected chi connectivity index (χ1v) is 6.92. The maximum atomic E-state index is 10.6. The van der Waals surface area contributed by atoms with E-state index in [4.69, 9.17) is 5.11 Å². The molecule has 3 rings (SSSR count). The van der Waals surface area contributed by atoms with Crippen molar-refractivity contribution in [2.24, 2.45) is 0 Å². The van der Waals surface area contributed by atoms with Crippen molar-refractivity contribution in [3.63, 3.8) is 0 Å². The summed E-state index contributed by atoms with van der Waals surface area (Å²) in [6.45, 7) is 2.07. The number of hydrogen-bond acceptors (Lipinski definition) is 5. The first kappa shape index (κ1) is 12.8. The van der Waals surface area contributed by atoms with Crippen molar-refractivity contribution in [2.45, 2.75) is 32.1 Å². The number of fused-ring (bicyclic) bond motifs is 1. The van der Waals surface area contributed by atoms with Crippen LogP contribution in [0.2, 0.25) is 0 Å². The molecule has 2 aromatic heterocycles. The fraction of sp³-hybridized carbons (Fsp3) is 0.538. The van der Waals surface area contributed by atoms with E-state index in [1.807, 2.05) is 12.1 Å². The fourth-order valence-electron chi connectivity index (χ4n) is 2.49. The van der Waals surface area contributed by atoms with Crippen molar-refractivity contribution in [3.05, 3.63) is 18.0 Å². The number of aromatic nitrogens is 4. The Morgan fingerprint density at radius 1 is 1.25 bits per heavy atom. The molecule has 0 radical (unpaired) electrons. The van der Waals surface area contributed by atoms with Gasteiger partial charge in [-0.1, -0.05) is 0 Å². The average molecular weight is 275 g/mol. The third kappa shape index (κ3) is 2.56. The van der Waals surface area contributed by atoms with Gasteiger partial charge in [0.15, 0.2) is 11.5 Å². The summed E-state index contributed by atoms with van der Waals surface area (Å²) in [5, 5.41) is 21.4. The molecule has 0 spiro atoms. The summed E-state index contributed by atoms with van der Waals surface area (Å²) < 4.78 is 1.73. The maximum Gasteiger partial charge on any atom is 0.303 e. The monoisotopic (exact) mass is 275 g/mol. The molecular weight excluding hydrogens is 258 g/mol. The minimum atomic E-state index is -0.787. The van der Waals surface area contributed by atoms with E-state index < -0.39 is 5.97 Å². The first-order valence-electron chi connectivity index (χ1n) is 6.92. The molecule has 106 valence electrons. The Morgan fingerprint density at radius 2 is 2.05 bits per heavy atom. The molecule has 20 heavy (non-hydrogen) atoms. The second-order valence-electron chi connectivity index (χ2n) is 5.02. The van der Waals surface area contributed by atoms with E-state index in [0.29, 0.717) is 18.5 Å². The fourth-order valence-corrected chi connectivity index (χ4v) is 2.49. The zero-order valence-electron chi connectivity index (χ0n) is 11.2. The van der Waals surface area contributed by atoms with Crippen molar-refractivity contribution < 1.29 is 9.90 Å². The second kappa shape index (κ2) is 5.44. The van der Waals surface area contributed by atoms with Gasteiger partial charge in [0.2, 0.25) is 0 Å². The Hall–Kier alpha value is -2.18. The van der Waals surface area contributed by atoms with Gasteiger partial charge in [0, 0.05) is 25.9 Å². The van der Waals surface area contributed by atoms with Crippen LogP contribution in [-0.4, -0.2) is 44.0 Å². The van der Waals surface area contributed by atoms with Gasteiger partial charge in [-0.05, 0) is 31.4 Å². The number of carbonyl (C=O) groups is 1. The van der Waals surface area contributed by atoms with Crippen molar-refractivity contribution in [3.8, 4) is 0 Å². The minimum absolute atomic E-state index is 0.140. The van der Waals surface area contributed by atoms with Crippen LogP contribution in [0, 0.1) is 0 Å². The van der Waals surface area contributed by atoms with Crippen LogP contribution in [0.5, 0.6) is 0 Å². The third-order valence-corrected chi connectivity index (χ3v) is 3.53. The highest BCUT2D eigenvalue weighted by Crippen LogP contribution is 2.18. The average Bonchev–Trinajstić information content (AvgIpc) is 3.07. The molecule has 0 aliphatic carbocycles. The summed E-state index contributed by atoms with van der Waals surface area (Å²) in [4.78, 5) is 12.8. The van der Waals surface area contributed by atoms with E-state index in [2.05, 4.69) is 20.2 Å². The molecule has 0 unspecified atom stereocenters. The van der Waals surface area contributed by atoms with Crippen LogP contribution in [0.25, 0.3) is 5.65 Å². The predicted molar refractivity (Wildman–Crippen MR) is 72.8 cm³/mol. The summed E-state index contributed by atoms with van der Waals surface area (Å²) in [7, 11) is 0. The van der Waals surface area contributed by atoms with E-state index in [9.17, 15) is 4.79 Å². The Balaban J connectivity index is 1.81. The predicted octanol–water partition coefficient (Wildman–Crippen LogP) is 1.13. The van der Waals surface area contributed by atoms with Gasteiger partial charge in [-0.15, -0.1) is 15.3 Å². The second-order valence-corrected chi connectivity index (χ2v) is 5.02. The number of carboxylic acid groups (broad SMARTS) is 1. The number of aryl methyl sites for hydroxylation is 1. The number of hydrogen-bond donors (Lipinski definition) is 1. The molecule has 1 aliphatic rings. The molecule has 1 fully saturated rings. The molecule has 0 saturated carbocycles. The molecular formula is C13H17N5O2. The summed E-state index contributed by atoms with van der Waals surface area (Å²) in [6.07, 6.45) is 3.66. The smallest absolute Gasteiger partial charge is 0.303 e. The van der Waals surface area contributed by atoms with Gasteiger partial charge in [0.25, 0.3) is 0 Å². The number of aliphatic carboxylic acids is 1. The quantitative estimate of drug-likeness (QED) is 0.880. The highest BCUT2D eigenvalue weighted by atomic mass is 16.4. The van der Waals surface area contributed by atoms with Gasteiger partial charge in [-0.2, -0.15) is 4.52 Å². The number of carboxylic acids is 1. The highest BCUT2D eigenvalue weighted by Gasteiger charge is 2.15. The molecule has 1 N–H and O–H groups in total. The standard InChI is InChI=1S/C13H17N5O2/c19-13(20)5-3-4-10-14-15-11-6-7-12(16-18(10)11)17-8-1-2-9-17/h6-7H,1-5,8-9H2,(H,19,20). The molecule has 0 aromatic carbocycles. The topological polar surface area (TPSA) is 83.6 Å². The molecule has 2 aromatic rings. The van der Waals surface area contributed by atoms with Crippen LogP contribution in [0.3, 0.4) is 0 Å². The van der Waals surface area contributed by atoms with Crippen LogP contribution in [0.15, 0.2) is 12.1 Å². The maximum absolute atomic E-state index is 10.6. The molecule has 0 bridgehead atoms. The molecule has 3 heterocycles. The molecule has 0 atom stereocenters. The summed E-state index contributed by atoms with van der Waals surface area (Å²) in [5.41, 5.74) is 0.707. The number of rotatable bonds is 5. The van der Waals surface area contributed by atoms with Gasteiger partial charge in [0.1, 0.15) is 5.82 Å². The van der Waals surface area contributed by atoms with Gasteiger partial charge >= 0.3 is 5.97 Å². The summed E-state index contributed by atoms with van der Waals surface area (Å²) in [6, 6.07) is 3.88. The SMILES string of the molecule is O=C(O)CCCc1nnc2ccc(N3CCCC3)nn12. The van der Waals surface area contributed by atoms with Crippen molar-refractivity contribution in [1.29, 1.82) is 0 Å². The van der Waals surface area contributed by atoms with Crippen LogP contribution in [-0.2, 0) is 11.2 Å². The molecule has 0 amide bonds. The van der Waals surface area contributed by atoms with E-state index >= 15 is 0 Å². The lowest BCUT2D eigenvalue weighted by molar-refractivity contribution is -0.137. The molecule has 1 aliphatic heterocycles. The van der Waals surface area contributed by atoms with E-state index in [1.54, 1.807) is 4.52 Å². The van der Waals surface area contributed by atoms with E-state index in [-0.39, 0.29) is 6.42 Å². The Labute approximate surface area is 116 Å². The van der Waals surface area contributed by atoms with Crippen LogP contribution in [0.1, 0.15) is 31.5 Å². The first-order chi connectivity index (χ1) is 9.74. The Morgan fingerprint density at radius 3 is 2.80 bits per heavy atom. The van der Waals surface area contributed by atoms with Crippen LogP contribution >= 0.6 is 0 Å². The van der Waals surface area contributed by atoms with Crippen molar-refractivity contribution >= 4 is 17.4 Å². The van der Waals surface area contributed by atoms with Gasteiger partial charge < -0.3 is 10.0 Å². The van der Waals surface area contributed by atoms with Crippen molar-refractivity contribution in [1.82, 2.24) is 19.8 Å². The number of anilines is 1. The van der Waals surface area contributed by atoms with Gasteiger partial charge in [-0.25, -0.2) is 0 Å². The van der Waals surface area contributed by atoms with Gasteiger partial charge in [0.05, 0.1) is 0 Å². The van der Waals surface area contributed by atoms with E-state index in [1.165, 1.54) is 12.8 Å². The van der Waals surface area contributed by atoms with Crippen LogP contribution < -0.4 is 4.90 Å². The number of nitrogens with zero attached hydrogens (tertiary/aromatic N) is 5. The minimum Gasteiger partial charge on any atom is -0.481 e.